The van der Waals surface area contributed by atoms with Crippen molar-refractivity contribution in [2.45, 2.75) is 38.8 Å². The summed E-state index contributed by atoms with van der Waals surface area (Å²) in [7, 11) is 4.32. The summed E-state index contributed by atoms with van der Waals surface area (Å²) >= 11 is 0. The van der Waals surface area contributed by atoms with E-state index in [4.69, 9.17) is 0 Å². The smallest absolute Gasteiger partial charge is 0.0197 e. The normalized spacial score (nSPS) is 21.2. The van der Waals surface area contributed by atoms with Gasteiger partial charge in [0.05, 0.1) is 0 Å². The van der Waals surface area contributed by atoms with Crippen molar-refractivity contribution >= 4 is 0 Å². The van der Waals surface area contributed by atoms with Crippen LogP contribution in [0.25, 0.3) is 0 Å². The Morgan fingerprint density at radius 3 is 2.33 bits per heavy atom. The molecule has 1 aliphatic heterocycles. The van der Waals surface area contributed by atoms with E-state index in [0.29, 0.717) is 6.04 Å². The van der Waals surface area contributed by atoms with Gasteiger partial charge in [-0.15, -0.1) is 0 Å². The Balaban J connectivity index is 2.45. The van der Waals surface area contributed by atoms with E-state index in [-0.39, 0.29) is 0 Å². The Labute approximate surface area is 94.8 Å². The first kappa shape index (κ1) is 12.9. The average molecular weight is 213 g/mol. The van der Waals surface area contributed by atoms with E-state index in [1.165, 1.54) is 32.5 Å². The van der Waals surface area contributed by atoms with Crippen molar-refractivity contribution in [2.24, 2.45) is 0 Å². The Morgan fingerprint density at radius 1 is 1.27 bits per heavy atom. The Hall–Kier alpha value is -0.120. The molecule has 1 saturated heterocycles. The van der Waals surface area contributed by atoms with Crippen LogP contribution in [0, 0.1) is 0 Å². The molecule has 1 fully saturated rings. The van der Waals surface area contributed by atoms with Gasteiger partial charge in [-0.25, -0.2) is 0 Å². The average Bonchev–Trinajstić information content (AvgIpc) is 2.19. The van der Waals surface area contributed by atoms with Crippen molar-refractivity contribution in [2.75, 3.05) is 40.3 Å². The molecule has 1 unspecified atom stereocenters. The van der Waals surface area contributed by atoms with E-state index in [0.717, 1.165) is 12.6 Å². The topological polar surface area (TPSA) is 18.5 Å². The monoisotopic (exact) mass is 213 g/mol. The van der Waals surface area contributed by atoms with E-state index in [2.05, 4.69) is 43.1 Å². The molecule has 1 heterocycles. The van der Waals surface area contributed by atoms with Crippen LogP contribution in [0.4, 0.5) is 0 Å². The van der Waals surface area contributed by atoms with Gasteiger partial charge in [-0.2, -0.15) is 0 Å². The van der Waals surface area contributed by atoms with Crippen LogP contribution in [0.3, 0.4) is 0 Å². The fourth-order valence-corrected chi connectivity index (χ4v) is 2.70. The van der Waals surface area contributed by atoms with Gasteiger partial charge in [-0.05, 0) is 53.5 Å². The zero-order valence-corrected chi connectivity index (χ0v) is 10.8. The van der Waals surface area contributed by atoms with E-state index in [1.54, 1.807) is 0 Å². The fraction of sp³-hybridized carbons (Fsp3) is 1.00. The number of rotatable bonds is 5. The molecule has 0 aromatic rings. The van der Waals surface area contributed by atoms with Crippen LogP contribution in [-0.4, -0.2) is 62.2 Å². The lowest BCUT2D eigenvalue weighted by Gasteiger charge is -2.39. The highest BCUT2D eigenvalue weighted by Gasteiger charge is 2.23. The van der Waals surface area contributed by atoms with Crippen molar-refractivity contribution < 1.29 is 0 Å². The van der Waals surface area contributed by atoms with Gasteiger partial charge in [-0.3, -0.25) is 4.90 Å². The maximum Gasteiger partial charge on any atom is 0.0197 e. The summed E-state index contributed by atoms with van der Waals surface area (Å²) in [5, 5.41) is 3.44. The van der Waals surface area contributed by atoms with Gasteiger partial charge >= 0.3 is 0 Å². The first-order chi connectivity index (χ1) is 7.15. The van der Waals surface area contributed by atoms with Gasteiger partial charge < -0.3 is 10.2 Å². The molecule has 1 atom stereocenters. The zero-order valence-electron chi connectivity index (χ0n) is 10.8. The van der Waals surface area contributed by atoms with Crippen molar-refractivity contribution in [1.82, 2.24) is 15.1 Å². The fourth-order valence-electron chi connectivity index (χ4n) is 2.70. The summed E-state index contributed by atoms with van der Waals surface area (Å²) in [6, 6.07) is 1.47. The molecule has 90 valence electrons. The molecule has 1 rings (SSSR count). The van der Waals surface area contributed by atoms with Crippen LogP contribution in [0.15, 0.2) is 0 Å². The van der Waals surface area contributed by atoms with Crippen LogP contribution in [0.1, 0.15) is 26.7 Å². The van der Waals surface area contributed by atoms with Crippen molar-refractivity contribution in [3.8, 4) is 0 Å². The SMILES string of the molecule is CCN(C(C)CN(C)C)C1CCNCC1. The highest BCUT2D eigenvalue weighted by molar-refractivity contribution is 4.81. The third kappa shape index (κ3) is 4.09. The number of hydrogen-bond donors (Lipinski definition) is 1. The minimum Gasteiger partial charge on any atom is -0.317 e. The second kappa shape index (κ2) is 6.46. The third-order valence-electron chi connectivity index (χ3n) is 3.34. The molecule has 15 heavy (non-hydrogen) atoms. The highest BCUT2D eigenvalue weighted by Crippen LogP contribution is 2.15. The minimum absolute atomic E-state index is 0.674. The molecule has 3 heteroatoms. The number of likely N-dealkylation sites (N-methyl/N-ethyl adjacent to an activating group) is 2. The molecule has 1 N–H and O–H groups in total. The molecule has 0 aliphatic carbocycles. The molecular formula is C12H27N3. The van der Waals surface area contributed by atoms with Gasteiger partial charge in [0.25, 0.3) is 0 Å². The molecule has 0 aromatic carbocycles. The zero-order chi connectivity index (χ0) is 11.3. The third-order valence-corrected chi connectivity index (χ3v) is 3.34. The number of hydrogen-bond acceptors (Lipinski definition) is 3. The Morgan fingerprint density at radius 2 is 1.87 bits per heavy atom. The first-order valence-corrected chi connectivity index (χ1v) is 6.26. The summed E-state index contributed by atoms with van der Waals surface area (Å²) in [4.78, 5) is 4.95. The summed E-state index contributed by atoms with van der Waals surface area (Å²) in [6.45, 7) is 9.36. The van der Waals surface area contributed by atoms with Crippen molar-refractivity contribution in [3.05, 3.63) is 0 Å². The van der Waals surface area contributed by atoms with Gasteiger partial charge in [0, 0.05) is 18.6 Å². The maximum atomic E-state index is 3.44. The predicted molar refractivity (Wildman–Crippen MR) is 66.3 cm³/mol. The molecule has 3 nitrogen and oxygen atoms in total. The number of piperidine rings is 1. The molecule has 0 saturated carbocycles. The van der Waals surface area contributed by atoms with Crippen LogP contribution in [0.2, 0.25) is 0 Å². The maximum absolute atomic E-state index is 3.44. The predicted octanol–water partition coefficient (Wildman–Crippen LogP) is 1.01. The van der Waals surface area contributed by atoms with Gasteiger partial charge in [0.1, 0.15) is 0 Å². The second-order valence-electron chi connectivity index (χ2n) is 4.92. The summed E-state index contributed by atoms with van der Waals surface area (Å²) in [6.07, 6.45) is 2.62. The quantitative estimate of drug-likeness (QED) is 0.735. The molecule has 0 amide bonds. The van der Waals surface area contributed by atoms with Crippen molar-refractivity contribution in [3.63, 3.8) is 0 Å². The van der Waals surface area contributed by atoms with E-state index in [9.17, 15) is 0 Å². The van der Waals surface area contributed by atoms with Crippen molar-refractivity contribution in [1.29, 1.82) is 0 Å². The number of nitrogens with one attached hydrogen (secondary N) is 1. The molecule has 0 bridgehead atoms. The largest absolute Gasteiger partial charge is 0.317 e. The molecule has 1 aliphatic rings. The molecule has 0 spiro atoms. The summed E-state index contributed by atoms with van der Waals surface area (Å²) in [5.74, 6) is 0. The standard InChI is InChI=1S/C12H27N3/c1-5-15(11(2)10-14(3)4)12-6-8-13-9-7-12/h11-13H,5-10H2,1-4H3. The Bertz CT molecular complexity index is 164. The number of nitrogens with zero attached hydrogens (tertiary/aromatic N) is 2. The molecule has 0 radical (unpaired) electrons. The van der Waals surface area contributed by atoms with E-state index in [1.807, 2.05) is 0 Å². The van der Waals surface area contributed by atoms with Gasteiger partial charge in [0.15, 0.2) is 0 Å². The lowest BCUT2D eigenvalue weighted by Crippen LogP contribution is -2.49. The minimum atomic E-state index is 0.674. The van der Waals surface area contributed by atoms with Gasteiger partial charge in [0.2, 0.25) is 0 Å². The van der Waals surface area contributed by atoms with E-state index < -0.39 is 0 Å². The van der Waals surface area contributed by atoms with Gasteiger partial charge in [-0.1, -0.05) is 6.92 Å². The van der Waals surface area contributed by atoms with E-state index >= 15 is 0 Å². The lowest BCUT2D eigenvalue weighted by atomic mass is 10.0. The molecule has 0 aromatic heterocycles. The van der Waals surface area contributed by atoms with Crippen LogP contribution < -0.4 is 5.32 Å². The lowest BCUT2D eigenvalue weighted by molar-refractivity contribution is 0.106. The first-order valence-electron chi connectivity index (χ1n) is 6.26. The summed E-state index contributed by atoms with van der Waals surface area (Å²) in [5.41, 5.74) is 0. The van der Waals surface area contributed by atoms with Crippen LogP contribution >= 0.6 is 0 Å². The molecular weight excluding hydrogens is 186 g/mol. The second-order valence-corrected chi connectivity index (χ2v) is 4.92. The highest BCUT2D eigenvalue weighted by atomic mass is 15.2. The Kier molecular flexibility index (Phi) is 5.58. The van der Waals surface area contributed by atoms with Crippen LogP contribution in [0.5, 0.6) is 0 Å². The summed E-state index contributed by atoms with van der Waals surface area (Å²) < 4.78 is 0. The van der Waals surface area contributed by atoms with Crippen LogP contribution in [-0.2, 0) is 0 Å².